The third-order valence-electron chi connectivity index (χ3n) is 4.87. The molecule has 1 aliphatic heterocycles. The van der Waals surface area contributed by atoms with Crippen LogP contribution in [0.3, 0.4) is 0 Å². The molecule has 1 atom stereocenters. The van der Waals surface area contributed by atoms with Gasteiger partial charge in [0.25, 0.3) is 5.91 Å². The van der Waals surface area contributed by atoms with Crippen LogP contribution in [-0.4, -0.2) is 19.1 Å². The lowest BCUT2D eigenvalue weighted by molar-refractivity contribution is 0.0936. The van der Waals surface area contributed by atoms with Crippen LogP contribution in [0, 0.1) is 3.57 Å². The number of amides is 1. The number of hydrogen-bond acceptors (Lipinski definition) is 3. The van der Waals surface area contributed by atoms with Crippen LogP contribution in [0.4, 0.5) is 0 Å². The van der Waals surface area contributed by atoms with Crippen LogP contribution >= 0.6 is 22.6 Å². The normalized spacial score (nSPS) is 14.0. The number of rotatable bonds is 5. The average Bonchev–Trinajstić information content (AvgIpc) is 2.99. The number of benzene rings is 3. The maximum absolute atomic E-state index is 12.9. The van der Waals surface area contributed by atoms with E-state index in [1.807, 2.05) is 60.7 Å². The molecule has 1 amide bonds. The fraction of sp³-hybridized carbons (Fsp3) is 0.208. The number of carbonyl (C=O) groups excluding carboxylic acids is 1. The molecule has 0 bridgehead atoms. The third kappa shape index (κ3) is 5.09. The van der Waals surface area contributed by atoms with Gasteiger partial charge in [-0.2, -0.15) is 0 Å². The van der Waals surface area contributed by atoms with Crippen molar-refractivity contribution in [3.8, 4) is 11.5 Å². The molecule has 0 radical (unpaired) electrons. The number of carbonyl (C=O) groups is 1. The van der Waals surface area contributed by atoms with E-state index in [9.17, 15) is 4.79 Å². The highest BCUT2D eigenvalue weighted by Crippen LogP contribution is 2.33. The Morgan fingerprint density at radius 2 is 1.66 bits per heavy atom. The second kappa shape index (κ2) is 9.31. The highest BCUT2D eigenvalue weighted by atomic mass is 127. The molecule has 1 N–H and O–H groups in total. The SMILES string of the molecule is O=C(N[C@@H](Cc1ccccc1)c1ccc2c(c1)OCCCO2)c1ccc(I)cc1. The highest BCUT2D eigenvalue weighted by molar-refractivity contribution is 14.1. The lowest BCUT2D eigenvalue weighted by Gasteiger charge is -2.21. The molecule has 4 nitrogen and oxygen atoms in total. The van der Waals surface area contributed by atoms with Crippen molar-refractivity contribution in [3.63, 3.8) is 0 Å². The molecule has 4 rings (SSSR count). The first kappa shape index (κ1) is 19.8. The maximum Gasteiger partial charge on any atom is 0.251 e. The van der Waals surface area contributed by atoms with Crippen molar-refractivity contribution in [2.24, 2.45) is 0 Å². The van der Waals surface area contributed by atoms with Crippen LogP contribution in [0.5, 0.6) is 11.5 Å². The molecule has 1 heterocycles. The first-order chi connectivity index (χ1) is 14.2. The minimum absolute atomic E-state index is 0.0885. The van der Waals surface area contributed by atoms with Crippen molar-refractivity contribution >= 4 is 28.5 Å². The van der Waals surface area contributed by atoms with Gasteiger partial charge in [0.15, 0.2) is 11.5 Å². The van der Waals surface area contributed by atoms with Gasteiger partial charge >= 0.3 is 0 Å². The van der Waals surface area contributed by atoms with Crippen LogP contribution in [-0.2, 0) is 6.42 Å². The predicted molar refractivity (Wildman–Crippen MR) is 122 cm³/mol. The number of ether oxygens (including phenoxy) is 2. The van der Waals surface area contributed by atoms with Gasteiger partial charge in [0.1, 0.15) is 0 Å². The zero-order valence-electron chi connectivity index (χ0n) is 15.9. The zero-order valence-corrected chi connectivity index (χ0v) is 18.1. The van der Waals surface area contributed by atoms with Crippen LogP contribution < -0.4 is 14.8 Å². The number of nitrogens with one attached hydrogen (secondary N) is 1. The van der Waals surface area contributed by atoms with Crippen LogP contribution in [0.25, 0.3) is 0 Å². The molecule has 29 heavy (non-hydrogen) atoms. The summed E-state index contributed by atoms with van der Waals surface area (Å²) in [6.45, 7) is 1.29. The number of fused-ring (bicyclic) bond motifs is 1. The van der Waals surface area contributed by atoms with Crippen LogP contribution in [0.15, 0.2) is 72.8 Å². The van der Waals surface area contributed by atoms with Gasteiger partial charge in [-0.25, -0.2) is 0 Å². The van der Waals surface area contributed by atoms with Gasteiger partial charge in [0, 0.05) is 15.6 Å². The fourth-order valence-electron chi connectivity index (χ4n) is 3.34. The molecule has 0 spiro atoms. The molecule has 3 aromatic rings. The summed E-state index contributed by atoms with van der Waals surface area (Å²) in [4.78, 5) is 12.9. The molecule has 0 aliphatic carbocycles. The van der Waals surface area contributed by atoms with Gasteiger partial charge in [0.05, 0.1) is 19.3 Å². The second-order valence-electron chi connectivity index (χ2n) is 6.98. The Bertz CT molecular complexity index is 973. The van der Waals surface area contributed by atoms with Gasteiger partial charge in [-0.05, 0) is 76.5 Å². The second-order valence-corrected chi connectivity index (χ2v) is 8.22. The lowest BCUT2D eigenvalue weighted by atomic mass is 9.98. The lowest BCUT2D eigenvalue weighted by Crippen LogP contribution is -2.30. The van der Waals surface area contributed by atoms with Gasteiger partial charge in [-0.3, -0.25) is 4.79 Å². The Morgan fingerprint density at radius 3 is 2.41 bits per heavy atom. The summed E-state index contributed by atoms with van der Waals surface area (Å²) < 4.78 is 12.7. The molecule has 0 unspecified atom stereocenters. The molecule has 5 heteroatoms. The Balaban J connectivity index is 1.62. The number of halogens is 1. The van der Waals surface area contributed by atoms with E-state index < -0.39 is 0 Å². The van der Waals surface area contributed by atoms with Crippen molar-refractivity contribution in [2.45, 2.75) is 18.9 Å². The van der Waals surface area contributed by atoms with Crippen molar-refractivity contribution in [1.82, 2.24) is 5.32 Å². The molecule has 0 fully saturated rings. The quantitative estimate of drug-likeness (QED) is 0.493. The molecule has 148 valence electrons. The summed E-state index contributed by atoms with van der Waals surface area (Å²) in [5.74, 6) is 1.41. The highest BCUT2D eigenvalue weighted by Gasteiger charge is 2.19. The summed E-state index contributed by atoms with van der Waals surface area (Å²) in [5, 5.41) is 3.20. The third-order valence-corrected chi connectivity index (χ3v) is 5.59. The molecule has 0 saturated carbocycles. The fourth-order valence-corrected chi connectivity index (χ4v) is 3.70. The monoisotopic (exact) mass is 499 g/mol. The molecule has 0 aromatic heterocycles. The van der Waals surface area contributed by atoms with Crippen molar-refractivity contribution in [3.05, 3.63) is 93.1 Å². The summed E-state index contributed by atoms with van der Waals surface area (Å²) in [6, 6.07) is 23.5. The summed E-state index contributed by atoms with van der Waals surface area (Å²) >= 11 is 2.24. The number of hydrogen-bond donors (Lipinski definition) is 1. The molecule has 1 aliphatic rings. The van der Waals surface area contributed by atoms with E-state index in [2.05, 4.69) is 40.0 Å². The summed E-state index contributed by atoms with van der Waals surface area (Å²) in [6.07, 6.45) is 1.55. The summed E-state index contributed by atoms with van der Waals surface area (Å²) in [5.41, 5.74) is 2.81. The Labute approximate surface area is 184 Å². The Morgan fingerprint density at radius 1 is 0.931 bits per heavy atom. The minimum atomic E-state index is -0.179. The van der Waals surface area contributed by atoms with Crippen LogP contribution in [0.1, 0.15) is 33.9 Å². The van der Waals surface area contributed by atoms with Gasteiger partial charge < -0.3 is 14.8 Å². The maximum atomic E-state index is 12.9. The molecule has 3 aromatic carbocycles. The zero-order chi connectivity index (χ0) is 20.1. The molecular formula is C24H22INO3. The van der Waals surface area contributed by atoms with Gasteiger partial charge in [-0.1, -0.05) is 36.4 Å². The van der Waals surface area contributed by atoms with E-state index in [4.69, 9.17) is 9.47 Å². The molecule has 0 saturated heterocycles. The Hall–Kier alpha value is -2.54. The van der Waals surface area contributed by atoms with E-state index >= 15 is 0 Å². The average molecular weight is 499 g/mol. The van der Waals surface area contributed by atoms with E-state index in [1.54, 1.807) is 0 Å². The van der Waals surface area contributed by atoms with Crippen LogP contribution in [0.2, 0.25) is 0 Å². The van der Waals surface area contributed by atoms with Gasteiger partial charge in [-0.15, -0.1) is 0 Å². The molecular weight excluding hydrogens is 477 g/mol. The van der Waals surface area contributed by atoms with Crippen molar-refractivity contribution in [1.29, 1.82) is 0 Å². The van der Waals surface area contributed by atoms with E-state index in [0.717, 1.165) is 32.6 Å². The van der Waals surface area contributed by atoms with E-state index in [-0.39, 0.29) is 11.9 Å². The van der Waals surface area contributed by atoms with E-state index in [0.29, 0.717) is 25.2 Å². The minimum Gasteiger partial charge on any atom is -0.490 e. The standard InChI is InChI=1S/C24H22INO3/c25-20-10-7-18(8-11-20)24(27)26-21(15-17-5-2-1-3-6-17)19-9-12-22-23(16-19)29-14-4-13-28-22/h1-3,5-12,16,21H,4,13-15H2,(H,26,27)/t21-/m0/s1. The Kier molecular flexibility index (Phi) is 6.34. The largest absolute Gasteiger partial charge is 0.490 e. The predicted octanol–water partition coefficient (Wildman–Crippen LogP) is 5.17. The smallest absolute Gasteiger partial charge is 0.251 e. The first-order valence-corrected chi connectivity index (χ1v) is 10.8. The van der Waals surface area contributed by atoms with Gasteiger partial charge in [0.2, 0.25) is 0 Å². The first-order valence-electron chi connectivity index (χ1n) is 9.69. The van der Waals surface area contributed by atoms with E-state index in [1.165, 1.54) is 0 Å². The summed E-state index contributed by atoms with van der Waals surface area (Å²) in [7, 11) is 0. The van der Waals surface area contributed by atoms with Crippen molar-refractivity contribution < 1.29 is 14.3 Å². The topological polar surface area (TPSA) is 47.6 Å². The van der Waals surface area contributed by atoms with Crippen molar-refractivity contribution in [2.75, 3.05) is 13.2 Å².